The van der Waals surface area contributed by atoms with Gasteiger partial charge in [0.25, 0.3) is 0 Å². The van der Waals surface area contributed by atoms with Gasteiger partial charge in [-0.05, 0) is 50.5 Å². The van der Waals surface area contributed by atoms with Gasteiger partial charge >= 0.3 is 6.03 Å². The highest BCUT2D eigenvalue weighted by Gasteiger charge is 2.46. The fraction of sp³-hybridized carbons (Fsp3) is 0.409. The first-order valence-corrected chi connectivity index (χ1v) is 10.6. The SMILES string of the molecule is Cc1cc2cc(NC(=O)N3CCc4c(N5CCNC6(CC6)C5)ccnc43)ccn2n1. The molecule has 0 bridgehead atoms. The van der Waals surface area contributed by atoms with Crippen molar-refractivity contribution in [2.24, 2.45) is 0 Å². The summed E-state index contributed by atoms with van der Waals surface area (Å²) in [5.74, 6) is 0.787. The van der Waals surface area contributed by atoms with Crippen LogP contribution in [0.4, 0.5) is 22.0 Å². The lowest BCUT2D eigenvalue weighted by Gasteiger charge is -2.36. The van der Waals surface area contributed by atoms with Gasteiger partial charge in [0.1, 0.15) is 5.82 Å². The molecule has 8 heteroatoms. The molecule has 1 aliphatic carbocycles. The molecule has 3 aliphatic rings. The molecule has 2 N–H and O–H groups in total. The maximum atomic E-state index is 13.0. The van der Waals surface area contributed by atoms with Crippen molar-refractivity contribution in [1.82, 2.24) is 19.9 Å². The Morgan fingerprint density at radius 1 is 1.23 bits per heavy atom. The molecule has 1 spiro atoms. The van der Waals surface area contributed by atoms with Gasteiger partial charge in [0.05, 0.1) is 11.2 Å². The normalized spacial score (nSPS) is 19.4. The molecule has 2 amide bonds. The molecule has 3 aromatic heterocycles. The maximum absolute atomic E-state index is 13.0. The lowest BCUT2D eigenvalue weighted by molar-refractivity contribution is 0.257. The second-order valence-corrected chi connectivity index (χ2v) is 8.66. The molecule has 1 saturated carbocycles. The number of nitrogens with one attached hydrogen (secondary N) is 2. The molecule has 2 aliphatic heterocycles. The molecule has 30 heavy (non-hydrogen) atoms. The number of piperazine rings is 1. The Labute approximate surface area is 174 Å². The van der Waals surface area contributed by atoms with E-state index in [-0.39, 0.29) is 6.03 Å². The molecule has 0 aromatic carbocycles. The Kier molecular flexibility index (Phi) is 3.80. The molecule has 0 unspecified atom stereocenters. The van der Waals surface area contributed by atoms with E-state index < -0.39 is 0 Å². The van der Waals surface area contributed by atoms with E-state index in [2.05, 4.69) is 31.7 Å². The third kappa shape index (κ3) is 2.90. The number of nitrogens with zero attached hydrogens (tertiary/aromatic N) is 5. The van der Waals surface area contributed by atoms with Crippen molar-refractivity contribution in [3.63, 3.8) is 0 Å². The molecular formula is C22H25N7O. The number of anilines is 3. The van der Waals surface area contributed by atoms with E-state index in [1.165, 1.54) is 24.1 Å². The van der Waals surface area contributed by atoms with E-state index in [4.69, 9.17) is 0 Å². The molecule has 8 nitrogen and oxygen atoms in total. The number of carbonyl (C=O) groups excluding carboxylic acids is 1. The fourth-order valence-electron chi connectivity index (χ4n) is 4.81. The van der Waals surface area contributed by atoms with Crippen LogP contribution < -0.4 is 20.4 Å². The number of fused-ring (bicyclic) bond motifs is 2. The molecule has 154 valence electrons. The third-order valence-electron chi connectivity index (χ3n) is 6.50. The minimum Gasteiger partial charge on any atom is -0.368 e. The molecule has 3 aromatic rings. The Morgan fingerprint density at radius 3 is 3.00 bits per heavy atom. The minimum absolute atomic E-state index is 0.141. The van der Waals surface area contributed by atoms with Gasteiger partial charge < -0.3 is 15.5 Å². The average molecular weight is 403 g/mol. The van der Waals surface area contributed by atoms with E-state index in [1.807, 2.05) is 42.0 Å². The van der Waals surface area contributed by atoms with Gasteiger partial charge in [-0.3, -0.25) is 4.90 Å². The number of hydrogen-bond donors (Lipinski definition) is 2. The Hall–Kier alpha value is -3.13. The van der Waals surface area contributed by atoms with E-state index >= 15 is 0 Å². The van der Waals surface area contributed by atoms with Crippen LogP contribution in [0.1, 0.15) is 24.1 Å². The van der Waals surface area contributed by atoms with Crippen molar-refractivity contribution >= 4 is 28.7 Å². The Balaban J connectivity index is 1.24. The average Bonchev–Trinajstić information content (AvgIpc) is 3.17. The number of pyridine rings is 2. The second-order valence-electron chi connectivity index (χ2n) is 8.66. The van der Waals surface area contributed by atoms with Crippen LogP contribution in [0, 0.1) is 6.92 Å². The predicted octanol–water partition coefficient (Wildman–Crippen LogP) is 2.57. The Bertz CT molecular complexity index is 1150. The summed E-state index contributed by atoms with van der Waals surface area (Å²) in [6, 6.07) is 7.77. The number of amides is 2. The van der Waals surface area contributed by atoms with E-state index in [9.17, 15) is 4.79 Å². The number of carbonyl (C=O) groups is 1. The largest absolute Gasteiger partial charge is 0.368 e. The van der Waals surface area contributed by atoms with E-state index in [0.717, 1.165) is 48.8 Å². The van der Waals surface area contributed by atoms with Gasteiger partial charge in [0, 0.05) is 61.0 Å². The van der Waals surface area contributed by atoms with E-state index in [1.54, 1.807) is 4.90 Å². The smallest absolute Gasteiger partial charge is 0.327 e. The molecule has 2 fully saturated rings. The quantitative estimate of drug-likeness (QED) is 0.688. The van der Waals surface area contributed by atoms with Crippen molar-refractivity contribution in [3.8, 4) is 0 Å². The summed E-state index contributed by atoms with van der Waals surface area (Å²) in [7, 11) is 0. The van der Waals surface area contributed by atoms with E-state index in [0.29, 0.717) is 12.1 Å². The lowest BCUT2D eigenvalue weighted by Crippen LogP contribution is -2.52. The van der Waals surface area contributed by atoms with Gasteiger partial charge in [0.2, 0.25) is 0 Å². The van der Waals surface area contributed by atoms with Gasteiger partial charge in [-0.1, -0.05) is 0 Å². The summed E-state index contributed by atoms with van der Waals surface area (Å²) in [5.41, 5.74) is 5.40. The van der Waals surface area contributed by atoms with Crippen molar-refractivity contribution in [1.29, 1.82) is 0 Å². The topological polar surface area (TPSA) is 77.8 Å². The van der Waals surface area contributed by atoms with Crippen molar-refractivity contribution in [2.75, 3.05) is 41.3 Å². The highest BCUT2D eigenvalue weighted by atomic mass is 16.2. The number of urea groups is 1. The number of rotatable bonds is 2. The van der Waals surface area contributed by atoms with Crippen molar-refractivity contribution in [3.05, 3.63) is 47.9 Å². The first kappa shape index (κ1) is 17.7. The molecule has 0 radical (unpaired) electrons. The first-order valence-electron chi connectivity index (χ1n) is 10.6. The zero-order valence-corrected chi connectivity index (χ0v) is 17.1. The summed E-state index contributed by atoms with van der Waals surface area (Å²) in [5, 5.41) is 11.1. The highest BCUT2D eigenvalue weighted by molar-refractivity contribution is 6.03. The Morgan fingerprint density at radius 2 is 2.13 bits per heavy atom. The summed E-state index contributed by atoms with van der Waals surface area (Å²) < 4.78 is 1.81. The van der Waals surface area contributed by atoms with Crippen LogP contribution in [0.3, 0.4) is 0 Å². The molecule has 0 atom stereocenters. The molecule has 1 saturated heterocycles. The minimum atomic E-state index is -0.141. The maximum Gasteiger partial charge on any atom is 0.327 e. The van der Waals surface area contributed by atoms with Crippen LogP contribution in [-0.4, -0.2) is 52.3 Å². The highest BCUT2D eigenvalue weighted by Crippen LogP contribution is 2.41. The standard InChI is InChI=1S/C22H25N7O/c1-15-12-17-13-16(3-10-29(17)26-15)25-21(30)28-9-4-18-19(2-7-23-20(18)28)27-11-8-24-22(14-27)5-6-22/h2-3,7,10,12-13,24H,4-6,8-9,11,14H2,1H3,(H,25,30). The van der Waals surface area contributed by atoms with Crippen LogP contribution in [0.25, 0.3) is 5.52 Å². The summed E-state index contributed by atoms with van der Waals surface area (Å²) >= 11 is 0. The van der Waals surface area contributed by atoms with Gasteiger partial charge in [-0.2, -0.15) is 5.10 Å². The second kappa shape index (κ2) is 6.43. The monoisotopic (exact) mass is 403 g/mol. The molecule has 6 rings (SSSR count). The van der Waals surface area contributed by atoms with Crippen LogP contribution in [0.2, 0.25) is 0 Å². The number of aromatic nitrogens is 3. The summed E-state index contributed by atoms with van der Waals surface area (Å²) in [6.07, 6.45) is 7.05. The number of hydrogen-bond acceptors (Lipinski definition) is 5. The summed E-state index contributed by atoms with van der Waals surface area (Å²) in [6.45, 7) is 5.66. The van der Waals surface area contributed by atoms with Crippen LogP contribution in [-0.2, 0) is 6.42 Å². The summed E-state index contributed by atoms with van der Waals surface area (Å²) in [4.78, 5) is 21.9. The third-order valence-corrected chi connectivity index (χ3v) is 6.50. The van der Waals surface area contributed by atoms with Crippen LogP contribution in [0.5, 0.6) is 0 Å². The van der Waals surface area contributed by atoms with Gasteiger partial charge in [-0.15, -0.1) is 0 Å². The van der Waals surface area contributed by atoms with Gasteiger partial charge in [0.15, 0.2) is 0 Å². The van der Waals surface area contributed by atoms with Crippen LogP contribution in [0.15, 0.2) is 36.7 Å². The zero-order valence-electron chi connectivity index (χ0n) is 17.1. The first-order chi connectivity index (χ1) is 14.6. The number of aryl methyl sites for hydroxylation is 1. The van der Waals surface area contributed by atoms with Gasteiger partial charge in [-0.25, -0.2) is 14.3 Å². The molecule has 5 heterocycles. The fourth-order valence-corrected chi connectivity index (χ4v) is 4.81. The van der Waals surface area contributed by atoms with Crippen molar-refractivity contribution in [2.45, 2.75) is 31.7 Å². The lowest BCUT2D eigenvalue weighted by atomic mass is 10.1. The predicted molar refractivity (Wildman–Crippen MR) is 116 cm³/mol. The van der Waals surface area contributed by atoms with Crippen molar-refractivity contribution < 1.29 is 4.79 Å². The molecular weight excluding hydrogens is 378 g/mol. The van der Waals surface area contributed by atoms with Crippen LogP contribution >= 0.6 is 0 Å². The zero-order chi connectivity index (χ0) is 20.3.